The Morgan fingerprint density at radius 1 is 1.04 bits per heavy atom. The molecule has 6 heteroatoms. The number of hydrogen-bond acceptors (Lipinski definition) is 5. The quantitative estimate of drug-likeness (QED) is 0.651. The van der Waals surface area contributed by atoms with Gasteiger partial charge < -0.3 is 4.74 Å². The molecule has 0 spiro atoms. The number of rotatable bonds is 5. The Hall–Kier alpha value is -2.05. The molecule has 0 fully saturated rings. The highest BCUT2D eigenvalue weighted by Gasteiger charge is 2.38. The molecule has 0 heterocycles. The third-order valence-electron chi connectivity index (χ3n) is 4.87. The molecule has 0 unspecified atom stereocenters. The Morgan fingerprint density at radius 3 is 2.25 bits per heavy atom. The molecule has 0 saturated carbocycles. The van der Waals surface area contributed by atoms with Crippen molar-refractivity contribution in [3.8, 4) is 0 Å². The minimum atomic E-state index is -3.61. The van der Waals surface area contributed by atoms with E-state index in [0.717, 1.165) is 9.80 Å². The zero-order valence-electron chi connectivity index (χ0n) is 15.9. The Bertz CT molecular complexity index is 937. The van der Waals surface area contributed by atoms with Crippen LogP contribution in [-0.2, 0) is 19.4 Å². The zero-order valence-corrected chi connectivity index (χ0v) is 17.6. The molecule has 0 saturated heterocycles. The lowest BCUT2D eigenvalue weighted by Crippen LogP contribution is -2.35. The predicted molar refractivity (Wildman–Crippen MR) is 112 cm³/mol. The maximum absolute atomic E-state index is 13.4. The van der Waals surface area contributed by atoms with E-state index in [4.69, 9.17) is 4.74 Å². The van der Waals surface area contributed by atoms with Gasteiger partial charge >= 0.3 is 5.97 Å². The second kappa shape index (κ2) is 8.97. The Balaban J connectivity index is 1.99. The van der Waals surface area contributed by atoms with E-state index in [1.54, 1.807) is 42.1 Å². The zero-order chi connectivity index (χ0) is 20.1. The van der Waals surface area contributed by atoms with Crippen molar-refractivity contribution in [1.29, 1.82) is 0 Å². The average molecular weight is 417 g/mol. The number of sulfone groups is 1. The van der Waals surface area contributed by atoms with Gasteiger partial charge in [-0.3, -0.25) is 4.79 Å². The van der Waals surface area contributed by atoms with Crippen LogP contribution in [0.15, 0.2) is 81.4 Å². The first-order chi connectivity index (χ1) is 13.4. The molecule has 1 aliphatic rings. The van der Waals surface area contributed by atoms with Crippen LogP contribution in [0.5, 0.6) is 0 Å². The van der Waals surface area contributed by atoms with Crippen molar-refractivity contribution in [2.45, 2.75) is 47.8 Å². The number of hydrogen-bond donors (Lipinski definition) is 0. The van der Waals surface area contributed by atoms with Crippen molar-refractivity contribution in [3.63, 3.8) is 0 Å². The fourth-order valence-electron chi connectivity index (χ4n) is 3.42. The number of thioether (sulfide) groups is 1. The van der Waals surface area contributed by atoms with E-state index < -0.39 is 21.2 Å². The highest BCUT2D eigenvalue weighted by molar-refractivity contribution is 8.03. The van der Waals surface area contributed by atoms with E-state index in [-0.39, 0.29) is 16.8 Å². The summed E-state index contributed by atoms with van der Waals surface area (Å²) in [5.41, 5.74) is 0. The number of benzene rings is 2. The Labute approximate surface area is 170 Å². The fourth-order valence-corrected chi connectivity index (χ4v) is 6.47. The summed E-state index contributed by atoms with van der Waals surface area (Å²) in [6.07, 6.45) is 2.69. The molecule has 0 amide bonds. The molecule has 3 rings (SSSR count). The smallest absolute Gasteiger partial charge is 0.302 e. The summed E-state index contributed by atoms with van der Waals surface area (Å²) in [5.74, 6) is -0.727. The molecule has 4 nitrogen and oxygen atoms in total. The van der Waals surface area contributed by atoms with Crippen molar-refractivity contribution < 1.29 is 17.9 Å². The molecule has 3 atom stereocenters. The van der Waals surface area contributed by atoms with Crippen LogP contribution in [0.2, 0.25) is 0 Å². The van der Waals surface area contributed by atoms with Crippen LogP contribution in [0.3, 0.4) is 0 Å². The van der Waals surface area contributed by atoms with Gasteiger partial charge in [-0.05, 0) is 42.0 Å². The van der Waals surface area contributed by atoms with Gasteiger partial charge in [-0.25, -0.2) is 8.42 Å². The van der Waals surface area contributed by atoms with Crippen LogP contribution in [0.4, 0.5) is 0 Å². The van der Waals surface area contributed by atoms with Crippen molar-refractivity contribution in [3.05, 3.63) is 71.6 Å². The molecule has 28 heavy (non-hydrogen) atoms. The van der Waals surface area contributed by atoms with Crippen LogP contribution in [0, 0.1) is 5.92 Å². The van der Waals surface area contributed by atoms with Crippen molar-refractivity contribution >= 4 is 27.6 Å². The molecule has 1 aliphatic carbocycles. The molecular weight excluding hydrogens is 392 g/mol. The van der Waals surface area contributed by atoms with Gasteiger partial charge in [-0.1, -0.05) is 61.2 Å². The molecule has 0 bridgehead atoms. The minimum Gasteiger partial charge on any atom is -0.462 e. The van der Waals surface area contributed by atoms with E-state index in [9.17, 15) is 13.2 Å². The van der Waals surface area contributed by atoms with Gasteiger partial charge in [0.1, 0.15) is 6.10 Å². The minimum absolute atomic E-state index is 0.288. The maximum Gasteiger partial charge on any atom is 0.302 e. The third kappa shape index (κ3) is 4.86. The lowest BCUT2D eigenvalue weighted by Gasteiger charge is -2.27. The van der Waals surface area contributed by atoms with Crippen LogP contribution in [0.25, 0.3) is 0 Å². The Morgan fingerprint density at radius 2 is 1.64 bits per heavy atom. The molecule has 0 aromatic heterocycles. The summed E-state index contributed by atoms with van der Waals surface area (Å²) in [6, 6.07) is 18.4. The highest BCUT2D eigenvalue weighted by Crippen LogP contribution is 2.38. The summed E-state index contributed by atoms with van der Waals surface area (Å²) in [7, 11) is -3.61. The third-order valence-corrected chi connectivity index (χ3v) is 8.19. The number of allylic oxidation sites excluding steroid dienone is 1. The fraction of sp³-hybridized carbons (Fsp3) is 0.318. The van der Waals surface area contributed by atoms with E-state index in [2.05, 4.69) is 0 Å². The normalized spacial score (nSPS) is 22.8. The SMILES string of the molecule is CC(=O)O[C@H]1CCC(Sc2ccccc2)=C[C@@H](S(=O)(=O)c2ccccc2)[C@H]1C. The number of ether oxygens (including phenoxy) is 1. The summed E-state index contributed by atoms with van der Waals surface area (Å²) < 4.78 is 32.3. The molecule has 0 aliphatic heterocycles. The second-order valence-corrected chi connectivity index (χ2v) is 10.2. The van der Waals surface area contributed by atoms with Crippen molar-refractivity contribution in [2.75, 3.05) is 0 Å². The van der Waals surface area contributed by atoms with Crippen LogP contribution < -0.4 is 0 Å². The summed E-state index contributed by atoms with van der Waals surface area (Å²) in [4.78, 5) is 13.9. The summed E-state index contributed by atoms with van der Waals surface area (Å²) in [6.45, 7) is 3.22. The van der Waals surface area contributed by atoms with Crippen molar-refractivity contribution in [2.24, 2.45) is 5.92 Å². The summed E-state index contributed by atoms with van der Waals surface area (Å²) >= 11 is 1.57. The Kier molecular flexibility index (Phi) is 6.62. The molecule has 0 radical (unpaired) electrons. The van der Waals surface area contributed by atoms with Gasteiger partial charge in [-0.2, -0.15) is 0 Å². The predicted octanol–water partition coefficient (Wildman–Crippen LogP) is 4.87. The van der Waals surface area contributed by atoms with E-state index in [1.807, 2.05) is 43.3 Å². The van der Waals surface area contributed by atoms with E-state index in [0.29, 0.717) is 12.8 Å². The van der Waals surface area contributed by atoms with Crippen LogP contribution >= 0.6 is 11.8 Å². The number of carbonyl (C=O) groups is 1. The van der Waals surface area contributed by atoms with E-state index >= 15 is 0 Å². The molecular formula is C22H24O4S2. The first kappa shape index (κ1) is 20.7. The second-order valence-electron chi connectivity index (χ2n) is 6.92. The van der Waals surface area contributed by atoms with Gasteiger partial charge in [0.25, 0.3) is 0 Å². The molecule has 2 aromatic rings. The molecule has 148 valence electrons. The standard InChI is InChI=1S/C22H24O4S2/c1-16-21(26-17(2)23)14-13-19(27-18-9-5-3-6-10-18)15-22(16)28(24,25)20-11-7-4-8-12-20/h3-12,15-16,21-22H,13-14H2,1-2H3/t16-,21-,22+/m0/s1. The van der Waals surface area contributed by atoms with Gasteiger partial charge in [-0.15, -0.1) is 0 Å². The van der Waals surface area contributed by atoms with E-state index in [1.165, 1.54) is 6.92 Å². The molecule has 0 N–H and O–H groups in total. The van der Waals surface area contributed by atoms with Gasteiger partial charge in [0.2, 0.25) is 0 Å². The lowest BCUT2D eigenvalue weighted by molar-refractivity contribution is -0.148. The van der Waals surface area contributed by atoms with Crippen LogP contribution in [-0.4, -0.2) is 25.7 Å². The number of carbonyl (C=O) groups excluding carboxylic acids is 1. The average Bonchev–Trinajstić information content (AvgIpc) is 2.83. The maximum atomic E-state index is 13.4. The highest BCUT2D eigenvalue weighted by atomic mass is 32.2. The lowest BCUT2D eigenvalue weighted by atomic mass is 9.99. The monoisotopic (exact) mass is 416 g/mol. The first-order valence-electron chi connectivity index (χ1n) is 9.27. The van der Waals surface area contributed by atoms with Crippen molar-refractivity contribution in [1.82, 2.24) is 0 Å². The number of esters is 1. The summed E-state index contributed by atoms with van der Waals surface area (Å²) in [5, 5.41) is -0.757. The van der Waals surface area contributed by atoms with Gasteiger partial charge in [0.15, 0.2) is 9.84 Å². The van der Waals surface area contributed by atoms with Gasteiger partial charge in [0, 0.05) is 17.7 Å². The topological polar surface area (TPSA) is 60.4 Å². The largest absolute Gasteiger partial charge is 0.462 e. The first-order valence-corrected chi connectivity index (χ1v) is 11.6. The van der Waals surface area contributed by atoms with Crippen LogP contribution in [0.1, 0.15) is 26.7 Å². The molecule has 2 aromatic carbocycles. The van der Waals surface area contributed by atoms with Gasteiger partial charge in [0.05, 0.1) is 10.1 Å².